The molecule has 134 valence electrons. The van der Waals surface area contributed by atoms with Crippen LogP contribution in [0.4, 0.5) is 10.1 Å². The number of benzene rings is 2. The summed E-state index contributed by atoms with van der Waals surface area (Å²) in [4.78, 5) is 12.0. The Morgan fingerprint density at radius 3 is 2.72 bits per heavy atom. The van der Waals surface area contributed by atoms with Crippen LogP contribution in [0.2, 0.25) is 0 Å². The van der Waals surface area contributed by atoms with Crippen molar-refractivity contribution in [2.75, 3.05) is 25.1 Å². The fourth-order valence-electron chi connectivity index (χ4n) is 2.46. The van der Waals surface area contributed by atoms with Crippen LogP contribution in [0.25, 0.3) is 0 Å². The van der Waals surface area contributed by atoms with Gasteiger partial charge in [-0.2, -0.15) is 0 Å². The Morgan fingerprint density at radius 1 is 1.24 bits per heavy atom. The van der Waals surface area contributed by atoms with Crippen LogP contribution in [0, 0.1) is 5.82 Å². The first kappa shape index (κ1) is 19.2. The van der Waals surface area contributed by atoms with Crippen molar-refractivity contribution >= 4 is 24.0 Å². The van der Waals surface area contributed by atoms with Crippen LogP contribution in [-0.4, -0.2) is 31.7 Å². The first-order valence-electron chi connectivity index (χ1n) is 7.83. The zero-order valence-corrected chi connectivity index (χ0v) is 14.4. The highest BCUT2D eigenvalue weighted by Gasteiger charge is 2.16. The van der Waals surface area contributed by atoms with Gasteiger partial charge in [-0.1, -0.05) is 6.07 Å². The van der Waals surface area contributed by atoms with Crippen molar-refractivity contribution in [3.8, 4) is 11.5 Å². The van der Waals surface area contributed by atoms with Crippen molar-refractivity contribution in [3.63, 3.8) is 0 Å². The van der Waals surface area contributed by atoms with E-state index in [4.69, 9.17) is 9.47 Å². The number of carbonyl (C=O) groups excluding carboxylic acids is 1. The van der Waals surface area contributed by atoms with Crippen LogP contribution in [0.3, 0.4) is 0 Å². The highest BCUT2D eigenvalue weighted by molar-refractivity contribution is 5.91. The number of anilines is 1. The second kappa shape index (κ2) is 9.36. The van der Waals surface area contributed by atoms with Gasteiger partial charge in [-0.3, -0.25) is 4.79 Å². The second-order valence-electron chi connectivity index (χ2n) is 5.56. The molecule has 1 amide bonds. The summed E-state index contributed by atoms with van der Waals surface area (Å²) >= 11 is 0. The number of hydrogen-bond donors (Lipinski definition) is 2. The van der Waals surface area contributed by atoms with Crippen LogP contribution in [0.1, 0.15) is 6.42 Å². The SMILES string of the molecule is Cl.O=C(CC1COCCN1)Nc1ccc(Oc2cccc(F)c2)cc1. The molecule has 1 fully saturated rings. The number of ether oxygens (including phenoxy) is 2. The van der Waals surface area contributed by atoms with E-state index in [1.54, 1.807) is 36.4 Å². The molecule has 1 unspecified atom stereocenters. The van der Waals surface area contributed by atoms with Gasteiger partial charge in [0.15, 0.2) is 0 Å². The molecule has 0 bridgehead atoms. The molecular weight excluding hydrogens is 347 g/mol. The Kier molecular flexibility index (Phi) is 7.18. The van der Waals surface area contributed by atoms with E-state index < -0.39 is 0 Å². The van der Waals surface area contributed by atoms with Crippen molar-refractivity contribution in [2.45, 2.75) is 12.5 Å². The Balaban J connectivity index is 0.00000225. The third-order valence-corrected chi connectivity index (χ3v) is 3.60. The molecule has 2 aromatic rings. The highest BCUT2D eigenvalue weighted by Crippen LogP contribution is 2.23. The predicted molar refractivity (Wildman–Crippen MR) is 96.0 cm³/mol. The zero-order chi connectivity index (χ0) is 16.8. The maximum atomic E-state index is 13.1. The lowest BCUT2D eigenvalue weighted by Crippen LogP contribution is -2.43. The molecule has 5 nitrogen and oxygen atoms in total. The Labute approximate surface area is 151 Å². The molecule has 1 atom stereocenters. The fourth-order valence-corrected chi connectivity index (χ4v) is 2.46. The Morgan fingerprint density at radius 2 is 2.04 bits per heavy atom. The standard InChI is InChI=1S/C18H19FN2O3.ClH/c19-13-2-1-3-17(10-13)24-16-6-4-14(5-7-16)21-18(22)11-15-12-23-9-8-20-15;/h1-7,10,15,20H,8-9,11-12H2,(H,21,22);1H. The van der Waals surface area contributed by atoms with Crippen molar-refractivity contribution in [1.29, 1.82) is 0 Å². The molecular formula is C18H20ClFN2O3. The van der Waals surface area contributed by atoms with Crippen LogP contribution >= 0.6 is 12.4 Å². The van der Waals surface area contributed by atoms with Crippen molar-refractivity contribution in [3.05, 3.63) is 54.3 Å². The summed E-state index contributed by atoms with van der Waals surface area (Å²) in [7, 11) is 0. The van der Waals surface area contributed by atoms with Gasteiger partial charge in [-0.05, 0) is 36.4 Å². The van der Waals surface area contributed by atoms with Crippen LogP contribution in [0.5, 0.6) is 11.5 Å². The molecule has 0 aliphatic carbocycles. The first-order chi connectivity index (χ1) is 11.7. The van der Waals surface area contributed by atoms with Crippen molar-refractivity contribution in [2.24, 2.45) is 0 Å². The van der Waals surface area contributed by atoms with E-state index in [1.807, 2.05) is 0 Å². The van der Waals surface area contributed by atoms with Gasteiger partial charge in [0, 0.05) is 30.8 Å². The smallest absolute Gasteiger partial charge is 0.226 e. The molecule has 7 heteroatoms. The van der Waals surface area contributed by atoms with Gasteiger partial charge in [0.2, 0.25) is 5.91 Å². The number of nitrogens with one attached hydrogen (secondary N) is 2. The minimum atomic E-state index is -0.350. The van der Waals surface area contributed by atoms with Gasteiger partial charge >= 0.3 is 0 Å². The fraction of sp³-hybridized carbons (Fsp3) is 0.278. The van der Waals surface area contributed by atoms with Crippen LogP contribution in [0.15, 0.2) is 48.5 Å². The lowest BCUT2D eigenvalue weighted by atomic mass is 10.2. The summed E-state index contributed by atoms with van der Waals surface area (Å²) in [5, 5.41) is 6.08. The average Bonchev–Trinajstić information content (AvgIpc) is 2.57. The topological polar surface area (TPSA) is 59.6 Å². The quantitative estimate of drug-likeness (QED) is 0.852. The molecule has 3 rings (SSSR count). The molecule has 0 aromatic heterocycles. The van der Waals surface area contributed by atoms with Crippen LogP contribution < -0.4 is 15.4 Å². The summed E-state index contributed by atoms with van der Waals surface area (Å²) in [6.07, 6.45) is 0.363. The maximum Gasteiger partial charge on any atom is 0.226 e. The third kappa shape index (κ3) is 6.01. The molecule has 1 aliphatic heterocycles. The van der Waals surface area contributed by atoms with Gasteiger partial charge in [0.25, 0.3) is 0 Å². The number of rotatable bonds is 5. The molecule has 1 saturated heterocycles. The summed E-state index contributed by atoms with van der Waals surface area (Å²) in [5.41, 5.74) is 0.684. The van der Waals surface area contributed by atoms with E-state index in [0.29, 0.717) is 36.8 Å². The van der Waals surface area contributed by atoms with Gasteiger partial charge in [0.1, 0.15) is 17.3 Å². The molecule has 0 spiro atoms. The van der Waals surface area contributed by atoms with E-state index >= 15 is 0 Å². The summed E-state index contributed by atoms with van der Waals surface area (Å²) in [6, 6.07) is 12.9. The number of morpholine rings is 1. The number of carbonyl (C=O) groups is 1. The lowest BCUT2D eigenvalue weighted by molar-refractivity contribution is -0.117. The third-order valence-electron chi connectivity index (χ3n) is 3.60. The summed E-state index contributed by atoms with van der Waals surface area (Å²) in [5.74, 6) is 0.574. The van der Waals surface area contributed by atoms with E-state index in [-0.39, 0.29) is 30.2 Å². The maximum absolute atomic E-state index is 13.1. The lowest BCUT2D eigenvalue weighted by Gasteiger charge is -2.23. The number of hydrogen-bond acceptors (Lipinski definition) is 4. The molecule has 1 aliphatic rings. The predicted octanol–water partition coefficient (Wildman–Crippen LogP) is 3.36. The Bertz CT molecular complexity index is 691. The van der Waals surface area contributed by atoms with Gasteiger partial charge in [0.05, 0.1) is 13.2 Å². The Hall–Kier alpha value is -2.15. The van der Waals surface area contributed by atoms with Gasteiger partial charge in [-0.15, -0.1) is 12.4 Å². The monoisotopic (exact) mass is 366 g/mol. The molecule has 2 aromatic carbocycles. The first-order valence-corrected chi connectivity index (χ1v) is 7.83. The van der Waals surface area contributed by atoms with Crippen molar-refractivity contribution in [1.82, 2.24) is 5.32 Å². The zero-order valence-electron chi connectivity index (χ0n) is 13.5. The largest absolute Gasteiger partial charge is 0.457 e. The minimum Gasteiger partial charge on any atom is -0.457 e. The molecule has 0 saturated carbocycles. The van der Waals surface area contributed by atoms with Gasteiger partial charge in [-0.25, -0.2) is 4.39 Å². The number of amides is 1. The average molecular weight is 367 g/mol. The molecule has 0 radical (unpaired) electrons. The van der Waals surface area contributed by atoms with Gasteiger partial charge < -0.3 is 20.1 Å². The van der Waals surface area contributed by atoms with E-state index in [2.05, 4.69) is 10.6 Å². The van der Waals surface area contributed by atoms with E-state index in [9.17, 15) is 9.18 Å². The molecule has 25 heavy (non-hydrogen) atoms. The normalized spacial score (nSPS) is 16.6. The summed E-state index contributed by atoms with van der Waals surface area (Å²) in [6.45, 7) is 2.00. The molecule has 2 N–H and O–H groups in total. The summed E-state index contributed by atoms with van der Waals surface area (Å²) < 4.78 is 24.0. The van der Waals surface area contributed by atoms with Crippen LogP contribution in [-0.2, 0) is 9.53 Å². The number of halogens is 2. The molecule has 1 heterocycles. The van der Waals surface area contributed by atoms with Crippen molar-refractivity contribution < 1.29 is 18.7 Å². The van der Waals surface area contributed by atoms with E-state index in [0.717, 1.165) is 6.54 Å². The minimum absolute atomic E-state index is 0. The van der Waals surface area contributed by atoms with E-state index in [1.165, 1.54) is 12.1 Å². The highest BCUT2D eigenvalue weighted by atomic mass is 35.5. The second-order valence-corrected chi connectivity index (χ2v) is 5.56.